The van der Waals surface area contributed by atoms with E-state index in [4.69, 9.17) is 32.7 Å². The van der Waals surface area contributed by atoms with E-state index in [9.17, 15) is 4.39 Å². The van der Waals surface area contributed by atoms with Gasteiger partial charge in [-0.3, -0.25) is 0 Å². The summed E-state index contributed by atoms with van der Waals surface area (Å²) in [4.78, 5) is 0. The molecule has 112 valence electrons. The molecular formula is C16H15Cl2FO2. The summed E-state index contributed by atoms with van der Waals surface area (Å²) in [5, 5.41) is -0.357. The lowest BCUT2D eigenvalue weighted by Gasteiger charge is -2.14. The second-order valence-corrected chi connectivity index (χ2v) is 5.41. The van der Waals surface area contributed by atoms with Crippen molar-refractivity contribution in [2.45, 2.75) is 11.8 Å². The molecule has 0 heterocycles. The molecule has 5 heteroatoms. The van der Waals surface area contributed by atoms with E-state index >= 15 is 0 Å². The normalized spacial score (nSPS) is 12.0. The van der Waals surface area contributed by atoms with Gasteiger partial charge in [0.15, 0.2) is 11.5 Å². The zero-order valence-electron chi connectivity index (χ0n) is 11.7. The van der Waals surface area contributed by atoms with Crippen molar-refractivity contribution < 1.29 is 13.9 Å². The molecule has 2 nitrogen and oxygen atoms in total. The average Bonchev–Trinajstić information content (AvgIpc) is 2.49. The molecule has 2 aromatic rings. The predicted octanol–water partition coefficient (Wildman–Crippen LogP) is 5.02. The quantitative estimate of drug-likeness (QED) is 0.717. The minimum Gasteiger partial charge on any atom is -0.493 e. The van der Waals surface area contributed by atoms with E-state index in [1.54, 1.807) is 26.4 Å². The van der Waals surface area contributed by atoms with Gasteiger partial charge in [0.1, 0.15) is 5.82 Å². The van der Waals surface area contributed by atoms with E-state index in [1.807, 2.05) is 18.2 Å². The van der Waals surface area contributed by atoms with E-state index in [-0.39, 0.29) is 5.02 Å². The fourth-order valence-corrected chi connectivity index (χ4v) is 2.76. The molecule has 21 heavy (non-hydrogen) atoms. The maximum absolute atomic E-state index is 13.5. The number of halogens is 3. The minimum absolute atomic E-state index is 0.0676. The van der Waals surface area contributed by atoms with Crippen LogP contribution in [0, 0.1) is 5.82 Å². The molecule has 1 atom stereocenters. The van der Waals surface area contributed by atoms with Gasteiger partial charge in [-0.15, -0.1) is 11.6 Å². The summed E-state index contributed by atoms with van der Waals surface area (Å²) in [6.07, 6.45) is 0.505. The Bertz CT molecular complexity index is 632. The first kappa shape index (κ1) is 15.9. The summed E-state index contributed by atoms with van der Waals surface area (Å²) < 4.78 is 23.9. The highest BCUT2D eigenvalue weighted by atomic mass is 35.5. The lowest BCUT2D eigenvalue weighted by atomic mass is 10.0. The van der Waals surface area contributed by atoms with Gasteiger partial charge in [-0.05, 0) is 35.7 Å². The standard InChI is InChI=1S/C16H15Cl2FO2/c1-20-14-7-6-10(9-15(14)21-2)8-12(17)11-4-3-5-13(19)16(11)18/h3-7,9,12H,8H2,1-2H3. The van der Waals surface area contributed by atoms with Gasteiger partial charge in [0.25, 0.3) is 0 Å². The third-order valence-corrected chi connectivity index (χ3v) is 3.97. The number of hydrogen-bond acceptors (Lipinski definition) is 2. The predicted molar refractivity (Wildman–Crippen MR) is 83.3 cm³/mol. The highest BCUT2D eigenvalue weighted by Crippen LogP contribution is 2.34. The van der Waals surface area contributed by atoms with Crippen LogP contribution in [0.25, 0.3) is 0 Å². The Hall–Kier alpha value is -1.45. The van der Waals surface area contributed by atoms with Crippen LogP contribution >= 0.6 is 23.2 Å². The maximum Gasteiger partial charge on any atom is 0.160 e. The number of benzene rings is 2. The first-order valence-electron chi connectivity index (χ1n) is 6.35. The first-order valence-corrected chi connectivity index (χ1v) is 7.17. The molecule has 2 rings (SSSR count). The highest BCUT2D eigenvalue weighted by molar-refractivity contribution is 6.33. The Balaban J connectivity index is 2.23. The number of ether oxygens (including phenoxy) is 2. The topological polar surface area (TPSA) is 18.5 Å². The molecule has 1 unspecified atom stereocenters. The van der Waals surface area contributed by atoms with Crippen molar-refractivity contribution in [1.29, 1.82) is 0 Å². The Morgan fingerprint density at radius 3 is 2.48 bits per heavy atom. The molecule has 0 bridgehead atoms. The minimum atomic E-state index is -0.466. The van der Waals surface area contributed by atoms with Crippen LogP contribution in [-0.2, 0) is 6.42 Å². The molecule has 0 saturated heterocycles. The van der Waals surface area contributed by atoms with Crippen LogP contribution in [0.2, 0.25) is 5.02 Å². The number of rotatable bonds is 5. The lowest BCUT2D eigenvalue weighted by molar-refractivity contribution is 0.354. The molecule has 0 fully saturated rings. The van der Waals surface area contributed by atoms with Gasteiger partial charge >= 0.3 is 0 Å². The number of hydrogen-bond donors (Lipinski definition) is 0. The van der Waals surface area contributed by atoms with Crippen molar-refractivity contribution in [2.24, 2.45) is 0 Å². The molecular weight excluding hydrogens is 314 g/mol. The summed E-state index contributed by atoms with van der Waals surface area (Å²) >= 11 is 12.3. The summed E-state index contributed by atoms with van der Waals surface area (Å²) in [7, 11) is 3.15. The van der Waals surface area contributed by atoms with Gasteiger partial charge in [-0.1, -0.05) is 29.8 Å². The first-order chi connectivity index (χ1) is 10.1. The molecule has 0 aliphatic carbocycles. The van der Waals surface area contributed by atoms with Gasteiger partial charge in [-0.2, -0.15) is 0 Å². The molecule has 0 aromatic heterocycles. The van der Waals surface area contributed by atoms with Crippen LogP contribution in [0.3, 0.4) is 0 Å². The summed E-state index contributed by atoms with van der Waals surface area (Å²) in [5.41, 5.74) is 1.53. The van der Waals surface area contributed by atoms with Crippen LogP contribution in [0.1, 0.15) is 16.5 Å². The zero-order valence-corrected chi connectivity index (χ0v) is 13.2. The van der Waals surface area contributed by atoms with Gasteiger partial charge in [0.2, 0.25) is 0 Å². The van der Waals surface area contributed by atoms with Gasteiger partial charge < -0.3 is 9.47 Å². The van der Waals surface area contributed by atoms with E-state index < -0.39 is 11.2 Å². The third kappa shape index (κ3) is 3.60. The van der Waals surface area contributed by atoms with Crippen molar-refractivity contribution in [3.63, 3.8) is 0 Å². The largest absolute Gasteiger partial charge is 0.493 e. The maximum atomic E-state index is 13.5. The van der Waals surface area contributed by atoms with Crippen molar-refractivity contribution >= 4 is 23.2 Å². The van der Waals surface area contributed by atoms with Gasteiger partial charge in [0.05, 0.1) is 24.6 Å². The van der Waals surface area contributed by atoms with Crippen LogP contribution in [-0.4, -0.2) is 14.2 Å². The average molecular weight is 329 g/mol. The Kier molecular flexibility index (Phi) is 5.32. The van der Waals surface area contributed by atoms with E-state index in [2.05, 4.69) is 0 Å². The van der Waals surface area contributed by atoms with E-state index in [0.717, 1.165) is 5.56 Å². The van der Waals surface area contributed by atoms with Gasteiger partial charge in [0, 0.05) is 0 Å². The lowest BCUT2D eigenvalue weighted by Crippen LogP contribution is -1.99. The monoisotopic (exact) mass is 328 g/mol. The third-order valence-electron chi connectivity index (χ3n) is 3.18. The van der Waals surface area contributed by atoms with Crippen LogP contribution in [0.5, 0.6) is 11.5 Å². The van der Waals surface area contributed by atoms with E-state index in [1.165, 1.54) is 6.07 Å². The zero-order chi connectivity index (χ0) is 15.4. The number of methoxy groups -OCH3 is 2. The Morgan fingerprint density at radius 1 is 1.10 bits per heavy atom. The second kappa shape index (κ2) is 7.01. The fraction of sp³-hybridized carbons (Fsp3) is 0.250. The molecule has 2 aromatic carbocycles. The molecule has 0 saturated carbocycles. The molecule has 0 aliphatic rings. The van der Waals surface area contributed by atoms with Crippen molar-refractivity contribution in [3.8, 4) is 11.5 Å². The Labute approximate surface area is 133 Å². The van der Waals surface area contributed by atoms with Crippen LogP contribution in [0.4, 0.5) is 4.39 Å². The molecule has 0 spiro atoms. The van der Waals surface area contributed by atoms with Crippen molar-refractivity contribution in [1.82, 2.24) is 0 Å². The summed E-state index contributed by atoms with van der Waals surface area (Å²) in [5.74, 6) is 0.812. The summed E-state index contributed by atoms with van der Waals surface area (Å²) in [6, 6.07) is 10.2. The van der Waals surface area contributed by atoms with Gasteiger partial charge in [-0.25, -0.2) is 4.39 Å². The van der Waals surface area contributed by atoms with Crippen molar-refractivity contribution in [2.75, 3.05) is 14.2 Å². The highest BCUT2D eigenvalue weighted by Gasteiger charge is 2.16. The molecule has 0 amide bonds. The van der Waals surface area contributed by atoms with Crippen molar-refractivity contribution in [3.05, 3.63) is 58.4 Å². The Morgan fingerprint density at radius 2 is 1.81 bits per heavy atom. The van der Waals surface area contributed by atoms with Crippen LogP contribution < -0.4 is 9.47 Å². The number of alkyl halides is 1. The smallest absolute Gasteiger partial charge is 0.160 e. The molecule has 0 N–H and O–H groups in total. The SMILES string of the molecule is COc1ccc(CC(Cl)c2cccc(F)c2Cl)cc1OC. The van der Waals surface area contributed by atoms with E-state index in [0.29, 0.717) is 23.5 Å². The molecule has 0 radical (unpaired) electrons. The molecule has 0 aliphatic heterocycles. The fourth-order valence-electron chi connectivity index (χ4n) is 2.09. The van der Waals surface area contributed by atoms with Crippen LogP contribution in [0.15, 0.2) is 36.4 Å². The second-order valence-electron chi connectivity index (χ2n) is 4.50. The summed E-state index contributed by atoms with van der Waals surface area (Å²) in [6.45, 7) is 0.